The lowest BCUT2D eigenvalue weighted by molar-refractivity contribution is -0.122. The highest BCUT2D eigenvalue weighted by molar-refractivity contribution is 8.00. The Hall–Kier alpha value is -1.00. The van der Waals surface area contributed by atoms with Gasteiger partial charge in [-0.3, -0.25) is 4.79 Å². The lowest BCUT2D eigenvalue weighted by Crippen LogP contribution is -2.44. The Morgan fingerprint density at radius 3 is 2.55 bits per heavy atom. The fraction of sp³-hybridized carbons (Fsp3) is 0.562. The first-order valence-corrected chi connectivity index (χ1v) is 8.53. The number of carbonyl (C=O) groups excluding carboxylic acids is 1. The summed E-state index contributed by atoms with van der Waals surface area (Å²) in [6.07, 6.45) is 8.38. The van der Waals surface area contributed by atoms with Crippen molar-refractivity contribution < 1.29 is 4.79 Å². The summed E-state index contributed by atoms with van der Waals surface area (Å²) in [6, 6.07) is 8.97. The van der Waals surface area contributed by atoms with E-state index < -0.39 is 6.04 Å². The Balaban J connectivity index is 1.91. The van der Waals surface area contributed by atoms with Crippen molar-refractivity contribution in [1.29, 1.82) is 0 Å². The minimum absolute atomic E-state index is 0.0739. The Bertz CT molecular complexity index is 429. The molecule has 1 aromatic rings. The molecule has 1 atom stereocenters. The van der Waals surface area contributed by atoms with Gasteiger partial charge in [-0.1, -0.05) is 49.6 Å². The van der Waals surface area contributed by atoms with Crippen LogP contribution in [0, 0.1) is 0 Å². The zero-order valence-electron chi connectivity index (χ0n) is 12.1. The monoisotopic (exact) mass is 292 g/mol. The van der Waals surface area contributed by atoms with Crippen molar-refractivity contribution in [2.24, 2.45) is 5.73 Å². The third-order valence-corrected chi connectivity index (χ3v) is 5.64. The predicted octanol–water partition coefficient (Wildman–Crippen LogP) is 2.87. The molecule has 1 saturated carbocycles. The number of carbonyl (C=O) groups is 1. The average Bonchev–Trinajstić information content (AvgIpc) is 2.53. The van der Waals surface area contributed by atoms with Crippen molar-refractivity contribution in [3.8, 4) is 0 Å². The second kappa shape index (κ2) is 7.14. The zero-order valence-corrected chi connectivity index (χ0v) is 12.9. The van der Waals surface area contributed by atoms with Crippen LogP contribution in [0.5, 0.6) is 0 Å². The number of hydrogen-bond acceptors (Lipinski definition) is 3. The van der Waals surface area contributed by atoms with Crippen LogP contribution >= 0.6 is 11.8 Å². The van der Waals surface area contributed by atoms with Crippen molar-refractivity contribution in [1.82, 2.24) is 5.32 Å². The van der Waals surface area contributed by atoms with Crippen LogP contribution in [0.3, 0.4) is 0 Å². The van der Waals surface area contributed by atoms with E-state index in [4.69, 9.17) is 5.73 Å². The number of nitrogens with one attached hydrogen (secondary N) is 1. The summed E-state index contributed by atoms with van der Waals surface area (Å²) in [5.74, 6) is -0.0739. The molecule has 4 heteroatoms. The summed E-state index contributed by atoms with van der Waals surface area (Å²) in [5.41, 5.74) is 6.89. The summed E-state index contributed by atoms with van der Waals surface area (Å²) < 4.78 is 0.213. The molecule has 2 rings (SSSR count). The zero-order chi connectivity index (χ0) is 14.4. The fourth-order valence-electron chi connectivity index (χ4n) is 2.82. The minimum Gasteiger partial charge on any atom is -0.353 e. The summed E-state index contributed by atoms with van der Waals surface area (Å²) in [5, 5.41) is 3.06. The van der Waals surface area contributed by atoms with E-state index in [-0.39, 0.29) is 10.7 Å². The lowest BCUT2D eigenvalue weighted by atomic mass is 9.88. The number of benzene rings is 1. The second-order valence-electron chi connectivity index (χ2n) is 5.55. The molecule has 0 saturated heterocycles. The Labute approximate surface area is 125 Å². The van der Waals surface area contributed by atoms with Gasteiger partial charge in [0.2, 0.25) is 5.91 Å². The van der Waals surface area contributed by atoms with Crippen LogP contribution < -0.4 is 11.1 Å². The normalized spacial score (nSPS) is 19.3. The van der Waals surface area contributed by atoms with Crippen LogP contribution in [0.4, 0.5) is 0 Å². The maximum absolute atomic E-state index is 12.2. The van der Waals surface area contributed by atoms with Crippen molar-refractivity contribution in [3.05, 3.63) is 35.9 Å². The first-order valence-electron chi connectivity index (χ1n) is 7.30. The molecule has 3 nitrogen and oxygen atoms in total. The highest BCUT2D eigenvalue weighted by Gasteiger charge is 2.32. The SMILES string of the molecule is CSC1(CNC(=O)[C@H](N)c2ccccc2)CCCCC1. The smallest absolute Gasteiger partial charge is 0.241 e. The average molecular weight is 292 g/mol. The summed E-state index contributed by atoms with van der Waals surface area (Å²) in [6.45, 7) is 0.730. The van der Waals surface area contributed by atoms with Gasteiger partial charge in [0.15, 0.2) is 0 Å². The van der Waals surface area contributed by atoms with Gasteiger partial charge < -0.3 is 11.1 Å². The Morgan fingerprint density at radius 1 is 1.30 bits per heavy atom. The molecule has 0 bridgehead atoms. The molecule has 0 aliphatic heterocycles. The number of rotatable bonds is 5. The van der Waals surface area contributed by atoms with Crippen molar-refractivity contribution in [2.75, 3.05) is 12.8 Å². The van der Waals surface area contributed by atoms with Crippen LogP contribution in [0.15, 0.2) is 30.3 Å². The molecular formula is C16H24N2OS. The van der Waals surface area contributed by atoms with E-state index in [1.165, 1.54) is 32.1 Å². The molecule has 0 unspecified atom stereocenters. The molecule has 0 aromatic heterocycles. The van der Waals surface area contributed by atoms with Crippen LogP contribution in [-0.2, 0) is 4.79 Å². The van der Waals surface area contributed by atoms with Gasteiger partial charge in [0, 0.05) is 11.3 Å². The molecule has 3 N–H and O–H groups in total. The topological polar surface area (TPSA) is 55.1 Å². The van der Waals surface area contributed by atoms with E-state index in [9.17, 15) is 4.79 Å². The predicted molar refractivity (Wildman–Crippen MR) is 85.7 cm³/mol. The quantitative estimate of drug-likeness (QED) is 0.877. The van der Waals surface area contributed by atoms with Gasteiger partial charge >= 0.3 is 0 Å². The highest BCUT2D eigenvalue weighted by Crippen LogP contribution is 2.38. The summed E-state index contributed by atoms with van der Waals surface area (Å²) in [4.78, 5) is 12.2. The van der Waals surface area contributed by atoms with E-state index in [2.05, 4.69) is 11.6 Å². The van der Waals surface area contributed by atoms with Crippen LogP contribution in [0.2, 0.25) is 0 Å². The number of hydrogen-bond donors (Lipinski definition) is 2. The highest BCUT2D eigenvalue weighted by atomic mass is 32.2. The fourth-order valence-corrected chi connectivity index (χ4v) is 3.73. The molecule has 1 amide bonds. The molecule has 0 heterocycles. The van der Waals surface area contributed by atoms with Crippen LogP contribution in [-0.4, -0.2) is 23.5 Å². The molecule has 20 heavy (non-hydrogen) atoms. The van der Waals surface area contributed by atoms with E-state index in [1.807, 2.05) is 42.1 Å². The molecule has 0 spiro atoms. The van der Waals surface area contributed by atoms with Gasteiger partial charge in [-0.15, -0.1) is 0 Å². The molecule has 1 aromatic carbocycles. The van der Waals surface area contributed by atoms with E-state index in [0.717, 1.165) is 12.1 Å². The van der Waals surface area contributed by atoms with E-state index in [0.29, 0.717) is 0 Å². The van der Waals surface area contributed by atoms with Gasteiger partial charge in [0.1, 0.15) is 6.04 Å². The largest absolute Gasteiger partial charge is 0.353 e. The number of nitrogens with two attached hydrogens (primary N) is 1. The second-order valence-corrected chi connectivity index (χ2v) is 6.83. The molecule has 1 aliphatic rings. The standard InChI is InChI=1S/C16H24N2OS/c1-20-16(10-6-3-7-11-16)12-18-15(19)14(17)13-8-4-2-5-9-13/h2,4-5,8-9,14H,3,6-7,10-12,17H2,1H3,(H,18,19)/t14-/m1/s1. The first-order chi connectivity index (χ1) is 9.67. The Kier molecular flexibility index (Phi) is 5.49. The maximum atomic E-state index is 12.2. The maximum Gasteiger partial charge on any atom is 0.241 e. The van der Waals surface area contributed by atoms with Gasteiger partial charge in [0.05, 0.1) is 0 Å². The van der Waals surface area contributed by atoms with Crippen molar-refractivity contribution >= 4 is 17.7 Å². The molecule has 1 fully saturated rings. The summed E-state index contributed by atoms with van der Waals surface area (Å²) >= 11 is 1.89. The first kappa shape index (κ1) is 15.4. The number of amides is 1. The van der Waals surface area contributed by atoms with Gasteiger partial charge in [-0.25, -0.2) is 0 Å². The number of thioether (sulfide) groups is 1. The van der Waals surface area contributed by atoms with Crippen molar-refractivity contribution in [3.63, 3.8) is 0 Å². The van der Waals surface area contributed by atoms with Crippen LogP contribution in [0.25, 0.3) is 0 Å². The lowest BCUT2D eigenvalue weighted by Gasteiger charge is -2.36. The molecule has 0 radical (unpaired) electrons. The summed E-state index contributed by atoms with van der Waals surface area (Å²) in [7, 11) is 0. The molecule has 110 valence electrons. The Morgan fingerprint density at radius 2 is 1.95 bits per heavy atom. The van der Waals surface area contributed by atoms with Crippen LogP contribution in [0.1, 0.15) is 43.7 Å². The van der Waals surface area contributed by atoms with Gasteiger partial charge in [-0.05, 0) is 24.7 Å². The third kappa shape index (κ3) is 3.76. The minimum atomic E-state index is -0.571. The van der Waals surface area contributed by atoms with Gasteiger partial charge in [0.25, 0.3) is 0 Å². The van der Waals surface area contributed by atoms with Gasteiger partial charge in [-0.2, -0.15) is 11.8 Å². The van der Waals surface area contributed by atoms with E-state index in [1.54, 1.807) is 0 Å². The van der Waals surface area contributed by atoms with Crippen molar-refractivity contribution in [2.45, 2.75) is 42.9 Å². The van der Waals surface area contributed by atoms with E-state index >= 15 is 0 Å². The molecular weight excluding hydrogens is 268 g/mol. The third-order valence-electron chi connectivity index (χ3n) is 4.22. The molecule has 1 aliphatic carbocycles.